The van der Waals surface area contributed by atoms with Crippen molar-refractivity contribution in [1.29, 1.82) is 0 Å². The van der Waals surface area contributed by atoms with E-state index in [0.29, 0.717) is 18.4 Å². The molecule has 1 aliphatic rings. The van der Waals surface area contributed by atoms with Crippen molar-refractivity contribution in [2.75, 3.05) is 0 Å². The van der Waals surface area contributed by atoms with Crippen molar-refractivity contribution in [3.8, 4) is 0 Å². The zero-order chi connectivity index (χ0) is 14.8. The Morgan fingerprint density at radius 2 is 1.85 bits per heavy atom. The normalized spacial score (nSPS) is 23.6. The molecule has 0 aromatic heterocycles. The summed E-state index contributed by atoms with van der Waals surface area (Å²) >= 11 is 0. The van der Waals surface area contributed by atoms with Crippen molar-refractivity contribution in [3.63, 3.8) is 0 Å². The van der Waals surface area contributed by atoms with E-state index in [1.807, 2.05) is 25.1 Å². The third kappa shape index (κ3) is 3.41. The van der Waals surface area contributed by atoms with Crippen molar-refractivity contribution in [1.82, 2.24) is 0 Å². The lowest BCUT2D eigenvalue weighted by Gasteiger charge is -2.29. The second-order valence-electron chi connectivity index (χ2n) is 5.51. The van der Waals surface area contributed by atoms with E-state index in [-0.39, 0.29) is 24.5 Å². The van der Waals surface area contributed by atoms with Gasteiger partial charge in [-0.15, -0.1) is 0 Å². The van der Waals surface area contributed by atoms with Crippen LogP contribution in [0.25, 0.3) is 0 Å². The Hall–Kier alpha value is -1.32. The second-order valence-corrected chi connectivity index (χ2v) is 5.51. The van der Waals surface area contributed by atoms with Gasteiger partial charge in [-0.05, 0) is 43.7 Å². The fourth-order valence-electron chi connectivity index (χ4n) is 2.86. The van der Waals surface area contributed by atoms with Gasteiger partial charge >= 0.3 is 6.18 Å². The Balaban J connectivity index is 2.01. The highest BCUT2D eigenvalue weighted by Crippen LogP contribution is 2.40. The van der Waals surface area contributed by atoms with E-state index < -0.39 is 12.1 Å². The molecular weight excluding hydrogens is 265 g/mol. The first-order valence-corrected chi connectivity index (χ1v) is 7.11. The van der Waals surface area contributed by atoms with E-state index in [1.54, 1.807) is 6.07 Å². The van der Waals surface area contributed by atoms with Gasteiger partial charge in [0.2, 0.25) is 0 Å². The van der Waals surface area contributed by atoms with E-state index >= 15 is 0 Å². The van der Waals surface area contributed by atoms with E-state index in [9.17, 15) is 18.0 Å². The van der Waals surface area contributed by atoms with Gasteiger partial charge in [-0.25, -0.2) is 0 Å². The number of Topliss-reactive ketones (excluding diaryl/α,β-unsaturated/α-hetero) is 1. The summed E-state index contributed by atoms with van der Waals surface area (Å²) in [5.74, 6) is -1.48. The van der Waals surface area contributed by atoms with Crippen molar-refractivity contribution in [2.45, 2.75) is 45.2 Å². The van der Waals surface area contributed by atoms with Crippen molar-refractivity contribution in [3.05, 3.63) is 35.4 Å². The van der Waals surface area contributed by atoms with Gasteiger partial charge < -0.3 is 0 Å². The van der Waals surface area contributed by atoms with Gasteiger partial charge in [0.1, 0.15) is 0 Å². The molecule has 0 amide bonds. The molecule has 0 radical (unpaired) electrons. The third-order valence-electron chi connectivity index (χ3n) is 4.18. The zero-order valence-electron chi connectivity index (χ0n) is 11.5. The number of rotatable bonds is 3. The first-order valence-electron chi connectivity index (χ1n) is 7.11. The van der Waals surface area contributed by atoms with Crippen LogP contribution in [0.3, 0.4) is 0 Å². The molecule has 0 aliphatic heterocycles. The summed E-state index contributed by atoms with van der Waals surface area (Å²) in [6.07, 6.45) is -2.42. The number of hydrogen-bond acceptors (Lipinski definition) is 1. The van der Waals surface area contributed by atoms with Gasteiger partial charge in [-0.2, -0.15) is 13.2 Å². The number of ketones is 1. The minimum Gasteiger partial charge on any atom is -0.294 e. The average molecular weight is 284 g/mol. The molecule has 1 nitrogen and oxygen atoms in total. The maximum atomic E-state index is 12.6. The smallest absolute Gasteiger partial charge is 0.294 e. The summed E-state index contributed by atoms with van der Waals surface area (Å²) in [5.41, 5.74) is 1.72. The molecule has 110 valence electrons. The van der Waals surface area contributed by atoms with Crippen LogP contribution >= 0.6 is 0 Å². The molecule has 1 saturated carbocycles. The van der Waals surface area contributed by atoms with Crippen molar-refractivity contribution in [2.24, 2.45) is 11.8 Å². The second kappa shape index (κ2) is 5.98. The number of hydrogen-bond donors (Lipinski definition) is 0. The molecule has 2 rings (SSSR count). The lowest BCUT2D eigenvalue weighted by Crippen LogP contribution is -2.30. The Morgan fingerprint density at radius 1 is 1.20 bits per heavy atom. The molecule has 1 fully saturated rings. The molecule has 1 aliphatic carbocycles. The molecule has 0 heterocycles. The van der Waals surface area contributed by atoms with E-state index in [0.717, 1.165) is 12.0 Å². The van der Waals surface area contributed by atoms with Crippen LogP contribution in [0, 0.1) is 11.8 Å². The Morgan fingerprint density at radius 3 is 2.40 bits per heavy atom. The summed E-state index contributed by atoms with van der Waals surface area (Å²) in [4.78, 5) is 12.3. The predicted octanol–water partition coefficient (Wildman–Crippen LogP) is 4.80. The molecule has 4 heteroatoms. The fraction of sp³-hybridized carbons (Fsp3) is 0.562. The van der Waals surface area contributed by atoms with Gasteiger partial charge in [-0.3, -0.25) is 4.79 Å². The summed E-state index contributed by atoms with van der Waals surface area (Å²) in [6, 6.07) is 7.42. The van der Waals surface area contributed by atoms with E-state index in [4.69, 9.17) is 0 Å². The molecule has 20 heavy (non-hydrogen) atoms. The first-order chi connectivity index (χ1) is 9.41. The predicted molar refractivity (Wildman–Crippen MR) is 71.7 cm³/mol. The summed E-state index contributed by atoms with van der Waals surface area (Å²) in [7, 11) is 0. The highest BCUT2D eigenvalue weighted by Gasteiger charge is 2.42. The van der Waals surface area contributed by atoms with E-state index in [1.165, 1.54) is 0 Å². The number of alkyl halides is 3. The molecule has 0 atom stereocenters. The molecule has 0 saturated heterocycles. The van der Waals surface area contributed by atoms with Crippen LogP contribution in [0.2, 0.25) is 0 Å². The number of halogens is 3. The number of benzene rings is 1. The third-order valence-corrected chi connectivity index (χ3v) is 4.18. The highest BCUT2D eigenvalue weighted by molar-refractivity contribution is 5.98. The van der Waals surface area contributed by atoms with Crippen LogP contribution in [0.1, 0.15) is 48.5 Å². The average Bonchev–Trinajstić information content (AvgIpc) is 2.46. The number of carbonyl (C=O) groups excluding carboxylic acids is 1. The van der Waals surface area contributed by atoms with Crippen LogP contribution in [-0.2, 0) is 6.42 Å². The standard InChI is InChI=1S/C16H19F3O/c1-2-11-4-3-5-13(10-11)15(20)12-6-8-14(9-7-12)16(17,18)19/h3-5,10,12,14H,2,6-9H2,1H3. The number of carbonyl (C=O) groups is 1. The van der Waals surface area contributed by atoms with Crippen LogP contribution in [-0.4, -0.2) is 12.0 Å². The minimum absolute atomic E-state index is 0.000856. The highest BCUT2D eigenvalue weighted by atomic mass is 19.4. The Kier molecular flexibility index (Phi) is 4.51. The van der Waals surface area contributed by atoms with Gasteiger partial charge in [-0.1, -0.05) is 25.1 Å². The maximum Gasteiger partial charge on any atom is 0.391 e. The zero-order valence-corrected chi connectivity index (χ0v) is 11.5. The summed E-state index contributed by atoms with van der Waals surface area (Å²) in [6.45, 7) is 2.01. The van der Waals surface area contributed by atoms with Gasteiger partial charge in [0.25, 0.3) is 0 Å². The largest absolute Gasteiger partial charge is 0.391 e. The van der Waals surface area contributed by atoms with Crippen LogP contribution < -0.4 is 0 Å². The molecule has 0 bridgehead atoms. The van der Waals surface area contributed by atoms with Gasteiger partial charge in [0.05, 0.1) is 5.92 Å². The van der Waals surface area contributed by atoms with Gasteiger partial charge in [0, 0.05) is 11.5 Å². The van der Waals surface area contributed by atoms with Crippen molar-refractivity contribution >= 4 is 5.78 Å². The maximum absolute atomic E-state index is 12.6. The fourth-order valence-corrected chi connectivity index (χ4v) is 2.86. The van der Waals surface area contributed by atoms with Crippen LogP contribution in [0.5, 0.6) is 0 Å². The van der Waals surface area contributed by atoms with Crippen LogP contribution in [0.4, 0.5) is 13.2 Å². The number of aryl methyl sites for hydroxylation is 1. The summed E-state index contributed by atoms with van der Waals surface area (Å²) in [5, 5.41) is 0. The molecule has 1 aromatic rings. The molecule has 0 unspecified atom stereocenters. The first kappa shape index (κ1) is 15.1. The lowest BCUT2D eigenvalue weighted by atomic mass is 9.78. The SMILES string of the molecule is CCc1cccc(C(=O)C2CCC(C(F)(F)F)CC2)c1. The minimum atomic E-state index is -4.11. The summed E-state index contributed by atoms with van der Waals surface area (Å²) < 4.78 is 37.8. The quantitative estimate of drug-likeness (QED) is 0.729. The molecular formula is C16H19F3O. The van der Waals surface area contributed by atoms with Crippen molar-refractivity contribution < 1.29 is 18.0 Å². The molecule has 1 aromatic carbocycles. The molecule has 0 spiro atoms. The molecule has 0 N–H and O–H groups in total. The Bertz CT molecular complexity index is 471. The monoisotopic (exact) mass is 284 g/mol. The Labute approximate surface area is 117 Å². The van der Waals surface area contributed by atoms with E-state index in [2.05, 4.69) is 0 Å². The van der Waals surface area contributed by atoms with Gasteiger partial charge in [0.15, 0.2) is 5.78 Å². The topological polar surface area (TPSA) is 17.1 Å². The van der Waals surface area contributed by atoms with Crippen LogP contribution in [0.15, 0.2) is 24.3 Å². The lowest BCUT2D eigenvalue weighted by molar-refractivity contribution is -0.183.